The molecule has 0 aromatic carbocycles. The van der Waals surface area contributed by atoms with Crippen molar-refractivity contribution in [1.29, 1.82) is 0 Å². The molecule has 0 saturated carbocycles. The SMILES string of the molecule is CCCCOS(=O)(=O)N1C=CC=CC1.O=S(=O)(O)O. The lowest BCUT2D eigenvalue weighted by Gasteiger charge is -2.19. The van der Waals surface area contributed by atoms with Gasteiger partial charge in [-0.1, -0.05) is 25.5 Å². The monoisotopic (exact) mass is 315 g/mol. The van der Waals surface area contributed by atoms with Gasteiger partial charge in [0.05, 0.1) is 13.2 Å². The van der Waals surface area contributed by atoms with Crippen LogP contribution in [0.4, 0.5) is 0 Å². The van der Waals surface area contributed by atoms with Crippen LogP contribution >= 0.6 is 0 Å². The average molecular weight is 315 g/mol. The van der Waals surface area contributed by atoms with E-state index in [-0.39, 0.29) is 6.61 Å². The van der Waals surface area contributed by atoms with Gasteiger partial charge in [-0.15, -0.1) is 0 Å². The summed E-state index contributed by atoms with van der Waals surface area (Å²) in [7, 11) is -8.23. The van der Waals surface area contributed by atoms with Gasteiger partial charge in [-0.25, -0.2) is 0 Å². The fraction of sp³-hybridized carbons (Fsp3) is 0.556. The molecule has 0 spiro atoms. The van der Waals surface area contributed by atoms with Crippen molar-refractivity contribution in [3.8, 4) is 0 Å². The summed E-state index contributed by atoms with van der Waals surface area (Å²) in [5, 5.41) is 0. The topological polar surface area (TPSA) is 121 Å². The van der Waals surface area contributed by atoms with E-state index in [4.69, 9.17) is 21.7 Å². The molecular weight excluding hydrogens is 298 g/mol. The van der Waals surface area contributed by atoms with Crippen LogP contribution in [0.2, 0.25) is 0 Å². The Morgan fingerprint density at radius 1 is 1.21 bits per heavy atom. The van der Waals surface area contributed by atoms with Gasteiger partial charge in [-0.3, -0.25) is 17.6 Å². The van der Waals surface area contributed by atoms with Crippen LogP contribution in [0, 0.1) is 0 Å². The van der Waals surface area contributed by atoms with E-state index in [1.807, 2.05) is 6.92 Å². The van der Waals surface area contributed by atoms with Gasteiger partial charge >= 0.3 is 20.7 Å². The lowest BCUT2D eigenvalue weighted by Crippen LogP contribution is -2.29. The summed E-state index contributed by atoms with van der Waals surface area (Å²) in [5.41, 5.74) is 0. The van der Waals surface area contributed by atoms with E-state index in [0.29, 0.717) is 6.54 Å². The third-order valence-corrected chi connectivity index (χ3v) is 3.11. The zero-order valence-corrected chi connectivity index (χ0v) is 12.0. The highest BCUT2D eigenvalue weighted by molar-refractivity contribution is 7.84. The first-order chi connectivity index (χ1) is 8.67. The molecule has 0 bridgehead atoms. The van der Waals surface area contributed by atoms with E-state index < -0.39 is 20.7 Å². The standard InChI is InChI=1S/C9H15NO3S.H2O4S/c1-2-3-9-13-14(11,12)10-7-5-4-6-8-10;1-5(2,3)4/h4-7H,2-3,8-9H2,1H3;(H2,1,2,3,4). The third kappa shape index (κ3) is 10.7. The van der Waals surface area contributed by atoms with Crippen molar-refractivity contribution in [2.45, 2.75) is 19.8 Å². The van der Waals surface area contributed by atoms with Crippen LogP contribution in [0.1, 0.15) is 19.8 Å². The van der Waals surface area contributed by atoms with E-state index in [0.717, 1.165) is 12.8 Å². The summed E-state index contributed by atoms with van der Waals surface area (Å²) in [6.45, 7) is 2.59. The molecule has 1 rings (SSSR count). The van der Waals surface area contributed by atoms with Gasteiger partial charge in [-0.05, 0) is 12.5 Å². The van der Waals surface area contributed by atoms with Crippen LogP contribution in [0.25, 0.3) is 0 Å². The molecular formula is C9H17NO7S2. The van der Waals surface area contributed by atoms with Gasteiger partial charge in [0.25, 0.3) is 0 Å². The normalized spacial score (nSPS) is 15.0. The van der Waals surface area contributed by atoms with Crippen molar-refractivity contribution in [3.05, 3.63) is 24.4 Å². The number of unbranched alkanes of at least 4 members (excludes halogenated alkanes) is 1. The van der Waals surface area contributed by atoms with Crippen LogP contribution < -0.4 is 0 Å². The molecule has 1 aliphatic heterocycles. The van der Waals surface area contributed by atoms with Gasteiger partial charge in [0, 0.05) is 6.20 Å². The zero-order valence-electron chi connectivity index (χ0n) is 10.3. The Balaban J connectivity index is 0.000000555. The number of hydrogen-bond acceptors (Lipinski definition) is 5. The predicted octanol–water partition coefficient (Wildman–Crippen LogP) is 0.781. The molecule has 0 aliphatic carbocycles. The van der Waals surface area contributed by atoms with Crippen LogP contribution in [-0.4, -0.2) is 43.4 Å². The van der Waals surface area contributed by atoms with Crippen molar-refractivity contribution in [2.75, 3.05) is 13.2 Å². The number of hydrogen-bond donors (Lipinski definition) is 2. The highest BCUT2D eigenvalue weighted by atomic mass is 32.3. The van der Waals surface area contributed by atoms with E-state index in [1.165, 1.54) is 10.5 Å². The summed E-state index contributed by atoms with van der Waals surface area (Å²) in [6, 6.07) is 0. The molecule has 112 valence electrons. The molecule has 0 amide bonds. The molecule has 1 heterocycles. The minimum absolute atomic E-state index is 0.257. The minimum Gasteiger partial charge on any atom is -0.264 e. The molecule has 0 atom stereocenters. The number of nitrogens with zero attached hydrogens (tertiary/aromatic N) is 1. The van der Waals surface area contributed by atoms with Crippen molar-refractivity contribution in [1.82, 2.24) is 4.31 Å². The largest absolute Gasteiger partial charge is 0.394 e. The zero-order chi connectivity index (χ0) is 14.9. The second-order valence-corrected chi connectivity index (χ2v) is 5.88. The van der Waals surface area contributed by atoms with E-state index in [9.17, 15) is 8.42 Å². The third-order valence-electron chi connectivity index (χ3n) is 1.80. The minimum atomic E-state index is -4.67. The lowest BCUT2D eigenvalue weighted by molar-refractivity contribution is 0.284. The van der Waals surface area contributed by atoms with Gasteiger partial charge in [0.15, 0.2) is 0 Å². The summed E-state index contributed by atoms with van der Waals surface area (Å²) >= 11 is 0. The fourth-order valence-corrected chi connectivity index (χ4v) is 1.94. The summed E-state index contributed by atoms with van der Waals surface area (Å²) in [4.78, 5) is 0. The summed E-state index contributed by atoms with van der Waals surface area (Å²) < 4.78 is 60.5. The van der Waals surface area contributed by atoms with E-state index in [1.54, 1.807) is 18.2 Å². The molecule has 1 aliphatic rings. The first-order valence-corrected chi connectivity index (χ1v) is 8.12. The second kappa shape index (κ2) is 8.27. The van der Waals surface area contributed by atoms with Gasteiger partial charge < -0.3 is 0 Å². The molecule has 0 unspecified atom stereocenters. The van der Waals surface area contributed by atoms with Crippen LogP contribution in [0.3, 0.4) is 0 Å². The average Bonchev–Trinajstić information content (AvgIpc) is 2.28. The van der Waals surface area contributed by atoms with Crippen LogP contribution in [0.15, 0.2) is 24.4 Å². The van der Waals surface area contributed by atoms with Crippen molar-refractivity contribution < 1.29 is 30.1 Å². The van der Waals surface area contributed by atoms with E-state index in [2.05, 4.69) is 0 Å². The molecule has 19 heavy (non-hydrogen) atoms. The molecule has 0 aromatic rings. The van der Waals surface area contributed by atoms with Crippen molar-refractivity contribution in [2.24, 2.45) is 0 Å². The first-order valence-electron chi connectivity index (χ1n) is 5.36. The highest BCUT2D eigenvalue weighted by Crippen LogP contribution is 2.08. The Morgan fingerprint density at radius 3 is 2.21 bits per heavy atom. The van der Waals surface area contributed by atoms with E-state index >= 15 is 0 Å². The van der Waals surface area contributed by atoms with Crippen LogP contribution in [-0.2, 0) is 24.9 Å². The molecule has 2 N–H and O–H groups in total. The second-order valence-electron chi connectivity index (χ2n) is 3.42. The fourth-order valence-electron chi connectivity index (χ4n) is 0.992. The summed E-state index contributed by atoms with van der Waals surface area (Å²) in [5.74, 6) is 0. The number of allylic oxidation sites excluding steroid dienone is 2. The summed E-state index contributed by atoms with van der Waals surface area (Å²) in [6.07, 6.45) is 8.42. The van der Waals surface area contributed by atoms with Crippen molar-refractivity contribution >= 4 is 20.7 Å². The molecule has 10 heteroatoms. The molecule has 0 radical (unpaired) electrons. The molecule has 0 aromatic heterocycles. The quantitative estimate of drug-likeness (QED) is 0.568. The smallest absolute Gasteiger partial charge is 0.264 e. The Morgan fingerprint density at radius 2 is 1.79 bits per heavy atom. The number of rotatable bonds is 5. The maximum Gasteiger partial charge on any atom is 0.394 e. The maximum absolute atomic E-state index is 11.5. The Kier molecular flexibility index (Phi) is 7.87. The highest BCUT2D eigenvalue weighted by Gasteiger charge is 2.18. The Labute approximate surface area is 113 Å². The van der Waals surface area contributed by atoms with Gasteiger partial charge in [-0.2, -0.15) is 16.8 Å². The Bertz CT molecular complexity index is 499. The van der Waals surface area contributed by atoms with Gasteiger partial charge in [0.2, 0.25) is 0 Å². The van der Waals surface area contributed by atoms with Crippen molar-refractivity contribution in [3.63, 3.8) is 0 Å². The molecule has 0 fully saturated rings. The molecule has 8 nitrogen and oxygen atoms in total. The van der Waals surface area contributed by atoms with Gasteiger partial charge in [0.1, 0.15) is 0 Å². The maximum atomic E-state index is 11.5. The van der Waals surface area contributed by atoms with Crippen LogP contribution in [0.5, 0.6) is 0 Å². The lowest BCUT2D eigenvalue weighted by atomic mass is 10.4. The first kappa shape index (κ1) is 18.1. The Hall–Kier alpha value is -0.940. The molecule has 0 saturated heterocycles. The predicted molar refractivity (Wildman–Crippen MR) is 68.9 cm³/mol.